The van der Waals surface area contributed by atoms with Gasteiger partial charge in [-0.3, -0.25) is 0 Å². The molecule has 0 saturated carbocycles. The molecule has 0 saturated heterocycles. The van der Waals surface area contributed by atoms with Crippen LogP contribution in [0, 0.1) is 13.8 Å². The first kappa shape index (κ1) is 17.0. The molecular weight excluding hydrogens is 318 g/mol. The molecule has 0 fully saturated rings. The van der Waals surface area contributed by atoms with Crippen molar-refractivity contribution in [2.75, 3.05) is 13.1 Å². The van der Waals surface area contributed by atoms with E-state index in [2.05, 4.69) is 38.8 Å². The van der Waals surface area contributed by atoms with Crippen molar-refractivity contribution in [2.24, 2.45) is 4.99 Å². The van der Waals surface area contributed by atoms with Crippen LogP contribution >= 0.6 is 0 Å². The van der Waals surface area contributed by atoms with E-state index < -0.39 is 0 Å². The number of rotatable bonds is 6. The second kappa shape index (κ2) is 7.83. The number of aliphatic imine (C=N–C) groups is 1. The van der Waals surface area contributed by atoms with Crippen molar-refractivity contribution in [3.8, 4) is 0 Å². The molecule has 0 bridgehead atoms. The number of furan rings is 1. The number of aromatic nitrogens is 2. The van der Waals surface area contributed by atoms with Crippen LogP contribution in [0.15, 0.2) is 38.2 Å². The van der Waals surface area contributed by atoms with Gasteiger partial charge in [0.1, 0.15) is 17.9 Å². The van der Waals surface area contributed by atoms with Gasteiger partial charge < -0.3 is 19.6 Å². The van der Waals surface area contributed by atoms with E-state index in [1.807, 2.05) is 32.0 Å². The van der Waals surface area contributed by atoms with Crippen molar-refractivity contribution in [1.29, 1.82) is 0 Å². The molecular formula is C18H23N5O2. The molecule has 0 spiro atoms. The third kappa shape index (κ3) is 4.17. The van der Waals surface area contributed by atoms with Gasteiger partial charge in [-0.05, 0) is 26.8 Å². The highest BCUT2D eigenvalue weighted by Gasteiger charge is 2.10. The van der Waals surface area contributed by atoms with Gasteiger partial charge in [-0.1, -0.05) is 23.4 Å². The van der Waals surface area contributed by atoms with Crippen LogP contribution in [0.5, 0.6) is 0 Å². The van der Waals surface area contributed by atoms with E-state index in [4.69, 9.17) is 8.94 Å². The summed E-state index contributed by atoms with van der Waals surface area (Å²) in [6.07, 6.45) is 0.648. The lowest BCUT2D eigenvalue weighted by atomic mass is 10.1. The molecule has 2 N–H and O–H groups in total. The Morgan fingerprint density at radius 3 is 2.76 bits per heavy atom. The van der Waals surface area contributed by atoms with Gasteiger partial charge in [0, 0.05) is 30.5 Å². The summed E-state index contributed by atoms with van der Waals surface area (Å²) < 4.78 is 11.0. The Labute approximate surface area is 146 Å². The van der Waals surface area contributed by atoms with Crippen molar-refractivity contribution >= 4 is 16.9 Å². The molecule has 25 heavy (non-hydrogen) atoms. The minimum atomic E-state index is 0.482. The predicted molar refractivity (Wildman–Crippen MR) is 96.5 cm³/mol. The maximum absolute atomic E-state index is 5.91. The Hall–Kier alpha value is -2.83. The fourth-order valence-corrected chi connectivity index (χ4v) is 2.60. The summed E-state index contributed by atoms with van der Waals surface area (Å²) in [4.78, 5) is 8.80. The van der Waals surface area contributed by atoms with Crippen LogP contribution in [0.25, 0.3) is 11.0 Å². The monoisotopic (exact) mass is 341 g/mol. The number of hydrogen-bond acceptors (Lipinski definition) is 5. The number of benzene rings is 1. The number of nitrogens with one attached hydrogen (secondary N) is 2. The van der Waals surface area contributed by atoms with Gasteiger partial charge in [-0.25, -0.2) is 4.99 Å². The Morgan fingerprint density at radius 2 is 2.04 bits per heavy atom. The van der Waals surface area contributed by atoms with E-state index in [1.165, 1.54) is 0 Å². The standard InChI is InChI=1S/C18H23N5O2/c1-4-19-18(20-10-9-17-22-13(3)23-25-17)21-11-16-12(2)14-7-5-6-8-15(14)24-16/h5-8H,4,9-11H2,1-3H3,(H2,19,20,21). The molecule has 0 amide bonds. The van der Waals surface area contributed by atoms with Crippen molar-refractivity contribution in [1.82, 2.24) is 20.8 Å². The fourth-order valence-electron chi connectivity index (χ4n) is 2.60. The van der Waals surface area contributed by atoms with Crippen LogP contribution < -0.4 is 10.6 Å². The second-order valence-electron chi connectivity index (χ2n) is 5.75. The van der Waals surface area contributed by atoms with Crippen LogP contribution in [-0.4, -0.2) is 29.2 Å². The third-order valence-corrected chi connectivity index (χ3v) is 3.87. The summed E-state index contributed by atoms with van der Waals surface area (Å²) in [5, 5.41) is 11.4. The third-order valence-electron chi connectivity index (χ3n) is 3.87. The largest absolute Gasteiger partial charge is 0.459 e. The summed E-state index contributed by atoms with van der Waals surface area (Å²) in [5.74, 6) is 2.88. The average Bonchev–Trinajstić information content (AvgIpc) is 3.16. The molecule has 3 aromatic rings. The Bertz CT molecular complexity index is 865. The van der Waals surface area contributed by atoms with Gasteiger partial charge in [0.2, 0.25) is 5.89 Å². The number of aryl methyl sites for hydroxylation is 2. The van der Waals surface area contributed by atoms with Gasteiger partial charge in [0.15, 0.2) is 11.8 Å². The predicted octanol–water partition coefficient (Wildman–Crippen LogP) is 2.73. The molecule has 0 aliphatic carbocycles. The lowest BCUT2D eigenvalue weighted by Crippen LogP contribution is -2.38. The smallest absolute Gasteiger partial charge is 0.228 e. The number of fused-ring (bicyclic) bond motifs is 1. The summed E-state index contributed by atoms with van der Waals surface area (Å²) >= 11 is 0. The minimum absolute atomic E-state index is 0.482. The highest BCUT2D eigenvalue weighted by Crippen LogP contribution is 2.25. The molecule has 0 aliphatic heterocycles. The fraction of sp³-hybridized carbons (Fsp3) is 0.389. The molecule has 0 unspecified atom stereocenters. The molecule has 132 valence electrons. The highest BCUT2D eigenvalue weighted by molar-refractivity contribution is 5.82. The molecule has 7 nitrogen and oxygen atoms in total. The molecule has 0 atom stereocenters. The van der Waals surface area contributed by atoms with E-state index in [1.54, 1.807) is 0 Å². The molecule has 7 heteroatoms. The first-order valence-electron chi connectivity index (χ1n) is 8.45. The van der Waals surface area contributed by atoms with E-state index in [0.29, 0.717) is 31.2 Å². The maximum Gasteiger partial charge on any atom is 0.228 e. The molecule has 0 radical (unpaired) electrons. The number of hydrogen-bond donors (Lipinski definition) is 2. The Balaban J connectivity index is 1.63. The van der Waals surface area contributed by atoms with Gasteiger partial charge in [0.05, 0.1) is 0 Å². The topological polar surface area (TPSA) is 88.5 Å². The summed E-state index contributed by atoms with van der Waals surface area (Å²) in [6, 6.07) is 8.04. The second-order valence-corrected chi connectivity index (χ2v) is 5.75. The zero-order chi connectivity index (χ0) is 17.6. The van der Waals surface area contributed by atoms with Crippen molar-refractivity contribution in [3.63, 3.8) is 0 Å². The number of para-hydroxylation sites is 1. The van der Waals surface area contributed by atoms with Gasteiger partial charge >= 0.3 is 0 Å². The molecule has 0 aliphatic rings. The number of nitrogens with zero attached hydrogens (tertiary/aromatic N) is 3. The molecule has 1 aromatic carbocycles. The first-order chi connectivity index (χ1) is 12.2. The normalized spacial score (nSPS) is 11.9. The highest BCUT2D eigenvalue weighted by atomic mass is 16.5. The van der Waals surface area contributed by atoms with E-state index in [-0.39, 0.29) is 0 Å². The van der Waals surface area contributed by atoms with Gasteiger partial charge in [0.25, 0.3) is 0 Å². The van der Waals surface area contributed by atoms with Crippen LogP contribution in [0.3, 0.4) is 0 Å². The van der Waals surface area contributed by atoms with Crippen LogP contribution in [0.4, 0.5) is 0 Å². The van der Waals surface area contributed by atoms with Gasteiger partial charge in [-0.15, -0.1) is 0 Å². The van der Waals surface area contributed by atoms with E-state index in [0.717, 1.165) is 34.8 Å². The lowest BCUT2D eigenvalue weighted by molar-refractivity contribution is 0.374. The van der Waals surface area contributed by atoms with Crippen LogP contribution in [0.1, 0.15) is 30.0 Å². The molecule has 3 rings (SSSR count). The average molecular weight is 341 g/mol. The van der Waals surface area contributed by atoms with E-state index in [9.17, 15) is 0 Å². The van der Waals surface area contributed by atoms with Crippen molar-refractivity contribution in [2.45, 2.75) is 33.7 Å². The Morgan fingerprint density at radius 1 is 1.20 bits per heavy atom. The molecule has 2 heterocycles. The quantitative estimate of drug-likeness (QED) is 0.529. The van der Waals surface area contributed by atoms with Crippen LogP contribution in [0.2, 0.25) is 0 Å². The van der Waals surface area contributed by atoms with Crippen LogP contribution in [-0.2, 0) is 13.0 Å². The van der Waals surface area contributed by atoms with E-state index >= 15 is 0 Å². The first-order valence-corrected chi connectivity index (χ1v) is 8.45. The summed E-state index contributed by atoms with van der Waals surface area (Å²) in [7, 11) is 0. The number of guanidine groups is 1. The minimum Gasteiger partial charge on any atom is -0.459 e. The maximum atomic E-state index is 5.91. The van der Waals surface area contributed by atoms with Crippen molar-refractivity contribution in [3.05, 3.63) is 47.3 Å². The summed E-state index contributed by atoms with van der Waals surface area (Å²) in [5.41, 5.74) is 2.03. The Kier molecular flexibility index (Phi) is 5.33. The summed E-state index contributed by atoms with van der Waals surface area (Å²) in [6.45, 7) is 7.83. The zero-order valence-corrected chi connectivity index (χ0v) is 14.8. The molecule has 2 aromatic heterocycles. The van der Waals surface area contributed by atoms with Crippen molar-refractivity contribution < 1.29 is 8.94 Å². The lowest BCUT2D eigenvalue weighted by Gasteiger charge is -2.09. The van der Waals surface area contributed by atoms with Gasteiger partial charge in [-0.2, -0.15) is 4.98 Å². The zero-order valence-electron chi connectivity index (χ0n) is 14.8. The SMILES string of the molecule is CCNC(=NCc1oc2ccccc2c1C)NCCc1nc(C)no1.